The summed E-state index contributed by atoms with van der Waals surface area (Å²) in [7, 11) is 1.62. The SMILES string of the molecule is C[C@H](CO)N1C[C@H](C)[C@H](CN(C)C(=O)Nc2ccc(F)cc2)Oc2ccc(NC(=O)Cn3cnnn3)cc2CC1=O. The number of urea groups is 1. The summed E-state index contributed by atoms with van der Waals surface area (Å²) in [5.41, 5.74) is 1.45. The topological polar surface area (TPSA) is 155 Å². The van der Waals surface area contributed by atoms with Crippen LogP contribution in [0.2, 0.25) is 0 Å². The van der Waals surface area contributed by atoms with Gasteiger partial charge in [-0.05, 0) is 59.8 Å². The monoisotopic (exact) mass is 568 g/mol. The van der Waals surface area contributed by atoms with Gasteiger partial charge in [0.15, 0.2) is 0 Å². The fourth-order valence-corrected chi connectivity index (χ4v) is 4.43. The molecular weight excluding hydrogens is 535 g/mol. The summed E-state index contributed by atoms with van der Waals surface area (Å²) >= 11 is 0. The van der Waals surface area contributed by atoms with Crippen LogP contribution in [0.1, 0.15) is 19.4 Å². The molecule has 3 atom stereocenters. The van der Waals surface area contributed by atoms with Crippen molar-refractivity contribution in [1.82, 2.24) is 30.0 Å². The van der Waals surface area contributed by atoms with E-state index < -0.39 is 24.0 Å². The molecule has 13 nitrogen and oxygen atoms in total. The molecule has 1 aliphatic heterocycles. The molecule has 1 aromatic heterocycles. The van der Waals surface area contributed by atoms with Gasteiger partial charge in [0, 0.05) is 36.4 Å². The number of nitrogens with one attached hydrogen (secondary N) is 2. The molecule has 0 fully saturated rings. The lowest BCUT2D eigenvalue weighted by Gasteiger charge is -2.34. The number of hydrogen-bond donors (Lipinski definition) is 3. The molecule has 2 heterocycles. The van der Waals surface area contributed by atoms with E-state index >= 15 is 0 Å². The average molecular weight is 569 g/mol. The number of carbonyl (C=O) groups is 3. The Hall–Kier alpha value is -4.59. The fraction of sp³-hybridized carbons (Fsp3) is 0.407. The van der Waals surface area contributed by atoms with Crippen molar-refractivity contribution >= 4 is 29.2 Å². The summed E-state index contributed by atoms with van der Waals surface area (Å²) in [6.07, 6.45) is 0.777. The fourth-order valence-electron chi connectivity index (χ4n) is 4.43. The summed E-state index contributed by atoms with van der Waals surface area (Å²) in [5.74, 6) is -0.753. The highest BCUT2D eigenvalue weighted by atomic mass is 19.1. The van der Waals surface area contributed by atoms with E-state index in [1.54, 1.807) is 37.1 Å². The maximum atomic E-state index is 13.4. The molecule has 14 heteroatoms. The van der Waals surface area contributed by atoms with Gasteiger partial charge in [-0.3, -0.25) is 9.59 Å². The van der Waals surface area contributed by atoms with E-state index in [4.69, 9.17) is 4.74 Å². The quantitative estimate of drug-likeness (QED) is 0.371. The Bertz CT molecular complexity index is 1350. The number of nitrogens with zero attached hydrogens (tertiary/aromatic N) is 6. The van der Waals surface area contributed by atoms with Crippen LogP contribution >= 0.6 is 0 Å². The maximum absolute atomic E-state index is 13.4. The minimum absolute atomic E-state index is 0.0172. The van der Waals surface area contributed by atoms with Crippen LogP contribution in [-0.2, 0) is 22.6 Å². The highest BCUT2D eigenvalue weighted by Gasteiger charge is 2.32. The van der Waals surface area contributed by atoms with E-state index in [1.807, 2.05) is 6.92 Å². The number of aromatic nitrogens is 4. The first-order valence-electron chi connectivity index (χ1n) is 13.1. The van der Waals surface area contributed by atoms with Gasteiger partial charge < -0.3 is 30.3 Å². The third-order valence-corrected chi connectivity index (χ3v) is 6.79. The van der Waals surface area contributed by atoms with Crippen molar-refractivity contribution in [2.75, 3.05) is 37.4 Å². The molecule has 3 aromatic rings. The molecule has 1 aliphatic rings. The van der Waals surface area contributed by atoms with Gasteiger partial charge in [-0.1, -0.05) is 6.92 Å². The van der Waals surface area contributed by atoms with E-state index in [-0.39, 0.29) is 43.8 Å². The Morgan fingerprint density at radius 3 is 2.61 bits per heavy atom. The Labute approximate surface area is 236 Å². The van der Waals surface area contributed by atoms with E-state index in [1.165, 1.54) is 40.2 Å². The highest BCUT2D eigenvalue weighted by Crippen LogP contribution is 2.29. The predicted octanol–water partition coefficient (Wildman–Crippen LogP) is 1.76. The maximum Gasteiger partial charge on any atom is 0.321 e. The number of likely N-dealkylation sites (N-methyl/N-ethyl adjacent to an activating group) is 1. The number of aliphatic hydroxyl groups excluding tert-OH is 1. The molecular formula is C27H33FN8O5. The average Bonchev–Trinajstić information content (AvgIpc) is 3.46. The Morgan fingerprint density at radius 2 is 1.93 bits per heavy atom. The third-order valence-electron chi connectivity index (χ3n) is 6.79. The Morgan fingerprint density at radius 1 is 1.20 bits per heavy atom. The minimum atomic E-state index is -0.530. The van der Waals surface area contributed by atoms with Crippen molar-refractivity contribution in [1.29, 1.82) is 0 Å². The number of rotatable bonds is 8. The molecule has 0 saturated heterocycles. The van der Waals surface area contributed by atoms with Crippen LogP contribution < -0.4 is 15.4 Å². The number of fused-ring (bicyclic) bond motifs is 1. The van der Waals surface area contributed by atoms with E-state index in [9.17, 15) is 23.9 Å². The Balaban J connectivity index is 1.55. The molecule has 218 valence electrons. The van der Waals surface area contributed by atoms with Gasteiger partial charge in [-0.2, -0.15) is 0 Å². The van der Waals surface area contributed by atoms with Gasteiger partial charge in [0.2, 0.25) is 11.8 Å². The summed E-state index contributed by atoms with van der Waals surface area (Å²) in [4.78, 5) is 41.8. The lowest BCUT2D eigenvalue weighted by atomic mass is 10.0. The van der Waals surface area contributed by atoms with Gasteiger partial charge in [-0.25, -0.2) is 13.9 Å². The molecule has 0 saturated carbocycles. The number of carbonyl (C=O) groups excluding carboxylic acids is 3. The number of aliphatic hydroxyl groups is 1. The molecule has 0 bridgehead atoms. The lowest BCUT2D eigenvalue weighted by Crippen LogP contribution is -2.48. The largest absolute Gasteiger partial charge is 0.488 e. The summed E-state index contributed by atoms with van der Waals surface area (Å²) < 4.78 is 20.9. The predicted molar refractivity (Wildman–Crippen MR) is 146 cm³/mol. The van der Waals surface area contributed by atoms with Crippen molar-refractivity contribution in [2.45, 2.75) is 39.0 Å². The van der Waals surface area contributed by atoms with E-state index in [2.05, 4.69) is 26.2 Å². The zero-order chi connectivity index (χ0) is 29.5. The highest BCUT2D eigenvalue weighted by molar-refractivity contribution is 5.91. The van der Waals surface area contributed by atoms with Crippen LogP contribution in [0.5, 0.6) is 5.75 Å². The first-order valence-corrected chi connectivity index (χ1v) is 13.1. The van der Waals surface area contributed by atoms with Gasteiger partial charge in [0.1, 0.15) is 30.5 Å². The first kappa shape index (κ1) is 29.4. The normalized spacial score (nSPS) is 17.8. The zero-order valence-corrected chi connectivity index (χ0v) is 23.0. The summed E-state index contributed by atoms with van der Waals surface area (Å²) in [5, 5.41) is 26.0. The van der Waals surface area contributed by atoms with Crippen molar-refractivity contribution in [3.05, 3.63) is 60.2 Å². The molecule has 41 heavy (non-hydrogen) atoms. The molecule has 3 N–H and O–H groups in total. The standard InChI is InChI=1S/C27H33FN8O5/c1-17-12-36(18(2)15-37)26(39)11-19-10-22(30-25(38)14-35-16-29-32-33-35)8-9-23(19)41-24(17)13-34(3)27(40)31-21-6-4-20(28)5-7-21/h4-10,16-18,24,37H,11-15H2,1-3H3,(H,30,38)(H,31,40)/t17-,18+,24-/m0/s1. The van der Waals surface area contributed by atoms with Crippen LogP contribution in [0.3, 0.4) is 0 Å². The first-order chi connectivity index (χ1) is 19.6. The Kier molecular flexibility index (Phi) is 9.45. The van der Waals surface area contributed by atoms with E-state index in [0.29, 0.717) is 29.2 Å². The van der Waals surface area contributed by atoms with E-state index in [0.717, 1.165) is 0 Å². The number of halogens is 1. The zero-order valence-electron chi connectivity index (χ0n) is 23.0. The van der Waals surface area contributed by atoms with Gasteiger partial charge in [0.25, 0.3) is 0 Å². The van der Waals surface area contributed by atoms with Crippen molar-refractivity contribution in [3.63, 3.8) is 0 Å². The molecule has 4 rings (SSSR count). The smallest absolute Gasteiger partial charge is 0.321 e. The number of tetrazole rings is 1. The van der Waals surface area contributed by atoms with Crippen molar-refractivity contribution in [3.8, 4) is 5.75 Å². The number of amides is 4. The molecule has 0 radical (unpaired) electrons. The minimum Gasteiger partial charge on any atom is -0.488 e. The second kappa shape index (κ2) is 13.2. The number of hydrogen-bond acceptors (Lipinski definition) is 8. The van der Waals surface area contributed by atoms with Crippen LogP contribution in [-0.4, -0.2) is 91.8 Å². The van der Waals surface area contributed by atoms with Crippen molar-refractivity contribution in [2.24, 2.45) is 5.92 Å². The number of ether oxygens (including phenoxy) is 1. The van der Waals surface area contributed by atoms with Crippen LogP contribution in [0.25, 0.3) is 0 Å². The lowest BCUT2D eigenvalue weighted by molar-refractivity contribution is -0.134. The third kappa shape index (κ3) is 7.75. The van der Waals surface area contributed by atoms with Gasteiger partial charge in [0.05, 0.1) is 25.6 Å². The summed E-state index contributed by atoms with van der Waals surface area (Å²) in [6.45, 7) is 3.84. The van der Waals surface area contributed by atoms with Crippen LogP contribution in [0, 0.1) is 11.7 Å². The number of benzene rings is 2. The van der Waals surface area contributed by atoms with Crippen LogP contribution in [0.15, 0.2) is 48.8 Å². The van der Waals surface area contributed by atoms with Crippen LogP contribution in [0.4, 0.5) is 20.6 Å². The second-order valence-electron chi connectivity index (χ2n) is 10.1. The number of anilines is 2. The summed E-state index contributed by atoms with van der Waals surface area (Å²) in [6, 6.07) is 9.61. The second-order valence-corrected chi connectivity index (χ2v) is 10.1. The van der Waals surface area contributed by atoms with Gasteiger partial charge >= 0.3 is 6.03 Å². The molecule has 2 aromatic carbocycles. The molecule has 0 aliphatic carbocycles. The molecule has 0 unspecified atom stereocenters. The van der Waals surface area contributed by atoms with Crippen molar-refractivity contribution < 1.29 is 28.6 Å². The van der Waals surface area contributed by atoms with Gasteiger partial charge in [-0.15, -0.1) is 5.10 Å². The molecule has 0 spiro atoms. The molecule has 4 amide bonds.